The molecule has 2 N–H and O–H groups in total. The molecule has 0 saturated heterocycles. The number of methoxy groups -OCH3 is 2. The van der Waals surface area contributed by atoms with Crippen LogP contribution in [0, 0.1) is 29.6 Å². The standard InChI is InChI=1S/C17H17NO4/c1-4-11-17(15(19)21-2,16(20)22-3)12-7-9-13-8-5-6-10-14(13)18/h1,5-6,8,10H,11-12,18H2,2-3H3. The number of para-hydroxylation sites is 1. The second-order valence-corrected chi connectivity index (χ2v) is 4.51. The van der Waals surface area contributed by atoms with Gasteiger partial charge in [-0.2, -0.15) is 0 Å². The van der Waals surface area contributed by atoms with Gasteiger partial charge in [-0.15, -0.1) is 12.3 Å². The Balaban J connectivity index is 3.15. The molecule has 0 atom stereocenters. The van der Waals surface area contributed by atoms with Crippen LogP contribution in [0.5, 0.6) is 0 Å². The molecule has 0 aliphatic rings. The first-order valence-corrected chi connectivity index (χ1v) is 6.45. The van der Waals surface area contributed by atoms with E-state index in [0.29, 0.717) is 11.3 Å². The number of anilines is 1. The van der Waals surface area contributed by atoms with Gasteiger partial charge >= 0.3 is 11.9 Å². The first kappa shape index (κ1) is 17.1. The van der Waals surface area contributed by atoms with E-state index in [4.69, 9.17) is 12.2 Å². The van der Waals surface area contributed by atoms with Gasteiger partial charge in [0.15, 0.2) is 5.41 Å². The summed E-state index contributed by atoms with van der Waals surface area (Å²) in [6, 6.07) is 7.02. The third kappa shape index (κ3) is 3.59. The number of nitrogens with two attached hydrogens (primary N) is 1. The molecular formula is C17H17NO4. The maximum absolute atomic E-state index is 12.0. The van der Waals surface area contributed by atoms with Crippen LogP contribution in [0.3, 0.4) is 0 Å². The minimum atomic E-state index is -1.63. The molecule has 0 fully saturated rings. The van der Waals surface area contributed by atoms with Gasteiger partial charge in [-0.3, -0.25) is 9.59 Å². The van der Waals surface area contributed by atoms with Crippen LogP contribution < -0.4 is 5.73 Å². The molecule has 22 heavy (non-hydrogen) atoms. The first-order valence-electron chi connectivity index (χ1n) is 6.45. The van der Waals surface area contributed by atoms with Crippen molar-refractivity contribution in [3.05, 3.63) is 29.8 Å². The fraction of sp³-hybridized carbons (Fsp3) is 0.294. The van der Waals surface area contributed by atoms with Gasteiger partial charge in [0.25, 0.3) is 0 Å². The van der Waals surface area contributed by atoms with Crippen molar-refractivity contribution in [3.8, 4) is 24.2 Å². The van der Waals surface area contributed by atoms with Gasteiger partial charge < -0.3 is 15.2 Å². The first-order chi connectivity index (χ1) is 10.5. The lowest BCUT2D eigenvalue weighted by Crippen LogP contribution is -2.40. The van der Waals surface area contributed by atoms with E-state index < -0.39 is 17.4 Å². The van der Waals surface area contributed by atoms with Crippen molar-refractivity contribution in [1.29, 1.82) is 0 Å². The molecule has 0 aliphatic heterocycles. The lowest BCUT2D eigenvalue weighted by atomic mass is 9.81. The minimum Gasteiger partial charge on any atom is -0.468 e. The smallest absolute Gasteiger partial charge is 0.325 e. The Bertz CT molecular complexity index is 645. The Kier molecular flexibility index (Phi) is 6.04. The molecule has 1 aromatic rings. The Morgan fingerprint density at radius 1 is 1.18 bits per heavy atom. The molecule has 0 saturated carbocycles. The summed E-state index contributed by atoms with van der Waals surface area (Å²) in [5, 5.41) is 0. The van der Waals surface area contributed by atoms with Crippen molar-refractivity contribution in [2.45, 2.75) is 12.8 Å². The SMILES string of the molecule is C#CCC(CC#Cc1ccccc1N)(C(=O)OC)C(=O)OC. The third-order valence-corrected chi connectivity index (χ3v) is 3.13. The molecule has 1 rings (SSSR count). The highest BCUT2D eigenvalue weighted by atomic mass is 16.5. The number of benzene rings is 1. The molecule has 0 heterocycles. The second-order valence-electron chi connectivity index (χ2n) is 4.51. The molecule has 5 heteroatoms. The van der Waals surface area contributed by atoms with Crippen molar-refractivity contribution in [1.82, 2.24) is 0 Å². The largest absolute Gasteiger partial charge is 0.468 e. The zero-order valence-corrected chi connectivity index (χ0v) is 12.5. The topological polar surface area (TPSA) is 78.6 Å². The number of carbonyl (C=O) groups excluding carboxylic acids is 2. The number of carbonyl (C=O) groups is 2. The summed E-state index contributed by atoms with van der Waals surface area (Å²) < 4.78 is 9.38. The second kappa shape index (κ2) is 7.75. The summed E-state index contributed by atoms with van der Waals surface area (Å²) in [7, 11) is 2.36. The number of nitrogen functional groups attached to an aromatic ring is 1. The van der Waals surface area contributed by atoms with Crippen LogP contribution in [0.4, 0.5) is 5.69 Å². The van der Waals surface area contributed by atoms with E-state index in [9.17, 15) is 9.59 Å². The van der Waals surface area contributed by atoms with Crippen LogP contribution in [0.25, 0.3) is 0 Å². The van der Waals surface area contributed by atoms with Crippen LogP contribution in [0.2, 0.25) is 0 Å². The number of rotatable bonds is 4. The Hall–Kier alpha value is -2.92. The van der Waals surface area contributed by atoms with Gasteiger partial charge in [0.2, 0.25) is 0 Å². The van der Waals surface area contributed by atoms with E-state index in [2.05, 4.69) is 27.2 Å². The summed E-state index contributed by atoms with van der Waals surface area (Å²) in [4.78, 5) is 24.0. The van der Waals surface area contributed by atoms with Crippen molar-refractivity contribution >= 4 is 17.6 Å². The fourth-order valence-electron chi connectivity index (χ4n) is 1.90. The summed E-state index contributed by atoms with van der Waals surface area (Å²) in [5.74, 6) is 6.36. The Morgan fingerprint density at radius 3 is 2.27 bits per heavy atom. The molecule has 0 aliphatic carbocycles. The van der Waals surface area contributed by atoms with E-state index in [1.807, 2.05) is 0 Å². The van der Waals surface area contributed by atoms with Gasteiger partial charge in [-0.1, -0.05) is 24.0 Å². The van der Waals surface area contributed by atoms with Gasteiger partial charge in [0, 0.05) is 24.1 Å². The maximum atomic E-state index is 12.0. The average Bonchev–Trinajstić information content (AvgIpc) is 2.54. The number of esters is 2. The Labute approximate surface area is 129 Å². The summed E-state index contributed by atoms with van der Waals surface area (Å²) in [6.45, 7) is 0. The van der Waals surface area contributed by atoms with E-state index in [-0.39, 0.29) is 12.8 Å². The quantitative estimate of drug-likeness (QED) is 0.393. The number of hydrogen-bond acceptors (Lipinski definition) is 5. The molecule has 5 nitrogen and oxygen atoms in total. The van der Waals surface area contributed by atoms with Gasteiger partial charge in [-0.05, 0) is 12.1 Å². The van der Waals surface area contributed by atoms with Crippen LogP contribution in [0.15, 0.2) is 24.3 Å². The van der Waals surface area contributed by atoms with Crippen LogP contribution in [0.1, 0.15) is 18.4 Å². The average molecular weight is 299 g/mol. The maximum Gasteiger partial charge on any atom is 0.325 e. The fourth-order valence-corrected chi connectivity index (χ4v) is 1.90. The van der Waals surface area contributed by atoms with Gasteiger partial charge in [-0.25, -0.2) is 0 Å². The highest BCUT2D eigenvalue weighted by Gasteiger charge is 2.47. The van der Waals surface area contributed by atoms with E-state index >= 15 is 0 Å². The zero-order valence-electron chi connectivity index (χ0n) is 12.5. The lowest BCUT2D eigenvalue weighted by molar-refractivity contribution is -0.168. The predicted octanol–water partition coefficient (Wildman–Crippen LogP) is 1.37. The highest BCUT2D eigenvalue weighted by Crippen LogP contribution is 2.29. The summed E-state index contributed by atoms with van der Waals surface area (Å²) in [5.41, 5.74) is 5.26. The summed E-state index contributed by atoms with van der Waals surface area (Å²) >= 11 is 0. The summed E-state index contributed by atoms with van der Waals surface area (Å²) in [6.07, 6.45) is 4.99. The van der Waals surface area contributed by atoms with Crippen LogP contribution in [-0.4, -0.2) is 26.2 Å². The highest BCUT2D eigenvalue weighted by molar-refractivity contribution is 6.00. The van der Waals surface area contributed by atoms with Crippen molar-refractivity contribution in [3.63, 3.8) is 0 Å². The van der Waals surface area contributed by atoms with E-state index in [0.717, 1.165) is 0 Å². The number of ether oxygens (including phenoxy) is 2. The molecule has 1 aromatic carbocycles. The predicted molar refractivity (Wildman–Crippen MR) is 82.3 cm³/mol. The zero-order chi connectivity index (χ0) is 16.6. The molecule has 114 valence electrons. The van der Waals surface area contributed by atoms with E-state index in [1.54, 1.807) is 24.3 Å². The molecular weight excluding hydrogens is 282 g/mol. The van der Waals surface area contributed by atoms with Crippen molar-refractivity contribution < 1.29 is 19.1 Å². The van der Waals surface area contributed by atoms with Crippen LogP contribution >= 0.6 is 0 Å². The molecule has 0 amide bonds. The molecule has 0 spiro atoms. The van der Waals surface area contributed by atoms with Crippen molar-refractivity contribution in [2.24, 2.45) is 5.41 Å². The lowest BCUT2D eigenvalue weighted by Gasteiger charge is -2.23. The Morgan fingerprint density at radius 2 is 1.77 bits per heavy atom. The minimum absolute atomic E-state index is 0.120. The molecule has 0 radical (unpaired) electrons. The molecule has 0 aromatic heterocycles. The molecule has 0 bridgehead atoms. The van der Waals surface area contributed by atoms with E-state index in [1.165, 1.54) is 14.2 Å². The third-order valence-electron chi connectivity index (χ3n) is 3.13. The van der Waals surface area contributed by atoms with Crippen molar-refractivity contribution in [2.75, 3.05) is 20.0 Å². The normalized spacial score (nSPS) is 9.86. The van der Waals surface area contributed by atoms with Gasteiger partial charge in [0.05, 0.1) is 14.2 Å². The number of terminal acetylenes is 1. The monoisotopic (exact) mass is 299 g/mol. The van der Waals surface area contributed by atoms with Crippen LogP contribution in [-0.2, 0) is 19.1 Å². The molecule has 0 unspecified atom stereocenters. The van der Waals surface area contributed by atoms with Gasteiger partial charge in [0.1, 0.15) is 0 Å². The number of hydrogen-bond donors (Lipinski definition) is 1.